The molecule has 3 nitrogen and oxygen atoms in total. The van der Waals surface area contributed by atoms with Crippen LogP contribution in [0.5, 0.6) is 0 Å². The number of carbonyl (C=O) groups is 1. The Bertz CT molecular complexity index is 665. The van der Waals surface area contributed by atoms with E-state index in [2.05, 4.69) is 20.9 Å². The molecule has 0 unspecified atom stereocenters. The molecule has 2 rings (SSSR count). The van der Waals surface area contributed by atoms with Crippen LogP contribution in [0, 0.1) is 0 Å². The van der Waals surface area contributed by atoms with Crippen LogP contribution in [-0.2, 0) is 16.0 Å². The van der Waals surface area contributed by atoms with Crippen molar-refractivity contribution in [2.45, 2.75) is 25.1 Å². The summed E-state index contributed by atoms with van der Waals surface area (Å²) in [6.45, 7) is 2.87. The van der Waals surface area contributed by atoms with Crippen molar-refractivity contribution in [2.75, 3.05) is 6.61 Å². The van der Waals surface area contributed by atoms with E-state index in [-0.39, 0.29) is 12.2 Å². The topological polar surface area (TPSA) is 39.2 Å². The van der Waals surface area contributed by atoms with E-state index in [1.165, 1.54) is 23.5 Å². The predicted molar refractivity (Wildman–Crippen MR) is 85.7 cm³/mol. The largest absolute Gasteiger partial charge is 0.462 e. The summed E-state index contributed by atoms with van der Waals surface area (Å²) in [4.78, 5) is 16.7. The number of esters is 1. The average Bonchev–Trinajstić information content (AvgIpc) is 2.91. The number of thiazole rings is 1. The molecule has 1 aromatic carbocycles. The Morgan fingerprint density at radius 3 is 2.50 bits per heavy atom. The third-order valence-electron chi connectivity index (χ3n) is 2.92. The van der Waals surface area contributed by atoms with Gasteiger partial charge in [0.2, 0.25) is 0 Å². The normalized spacial score (nSPS) is 11.5. The van der Waals surface area contributed by atoms with Crippen molar-refractivity contribution in [3.05, 3.63) is 40.4 Å². The summed E-state index contributed by atoms with van der Waals surface area (Å²) in [5.74, 6) is -3.30. The first-order valence-corrected chi connectivity index (χ1v) is 8.52. The van der Waals surface area contributed by atoms with Crippen LogP contribution in [0.4, 0.5) is 8.78 Å². The number of benzene rings is 1. The lowest BCUT2D eigenvalue weighted by Crippen LogP contribution is -2.06. The van der Waals surface area contributed by atoms with Gasteiger partial charge in [0.05, 0.1) is 12.3 Å². The first kappa shape index (κ1) is 17.0. The molecule has 0 aliphatic rings. The summed E-state index contributed by atoms with van der Waals surface area (Å²) in [6.07, 6.45) is 0. The van der Waals surface area contributed by atoms with E-state index >= 15 is 0 Å². The lowest BCUT2D eigenvalue weighted by Gasteiger charge is -2.10. The maximum Gasteiger partial charge on any atom is 0.350 e. The molecule has 0 bridgehead atoms. The van der Waals surface area contributed by atoms with Crippen LogP contribution >= 0.6 is 27.3 Å². The molecule has 22 heavy (non-hydrogen) atoms. The van der Waals surface area contributed by atoms with E-state index in [0.29, 0.717) is 26.5 Å². The third kappa shape index (κ3) is 3.70. The van der Waals surface area contributed by atoms with Crippen LogP contribution in [0.1, 0.15) is 34.8 Å². The maximum atomic E-state index is 13.2. The highest BCUT2D eigenvalue weighted by Gasteiger charge is 2.24. The third-order valence-corrected chi connectivity index (χ3v) is 4.58. The van der Waals surface area contributed by atoms with Crippen molar-refractivity contribution in [3.63, 3.8) is 0 Å². The van der Waals surface area contributed by atoms with Crippen LogP contribution in [0.15, 0.2) is 24.3 Å². The Balaban J connectivity index is 2.35. The van der Waals surface area contributed by atoms with Gasteiger partial charge in [-0.2, -0.15) is 0 Å². The quantitative estimate of drug-likeness (QED) is 0.533. The fraction of sp³-hybridized carbons (Fsp3) is 0.333. The van der Waals surface area contributed by atoms with Gasteiger partial charge in [0, 0.05) is 23.4 Å². The molecule has 2 aromatic rings. The zero-order valence-corrected chi connectivity index (χ0v) is 14.4. The molecule has 7 heteroatoms. The number of ether oxygens (including phenoxy) is 1. The van der Waals surface area contributed by atoms with E-state index in [4.69, 9.17) is 4.74 Å². The Kier molecular flexibility index (Phi) is 5.28. The molecule has 1 heterocycles. The van der Waals surface area contributed by atoms with Crippen LogP contribution in [0.2, 0.25) is 0 Å². The summed E-state index contributed by atoms with van der Waals surface area (Å²) in [7, 11) is 0. The summed E-state index contributed by atoms with van der Waals surface area (Å²) in [5.41, 5.74) is 1.22. The highest BCUT2D eigenvalue weighted by atomic mass is 79.9. The second-order valence-electron chi connectivity index (χ2n) is 4.61. The maximum absolute atomic E-state index is 13.2. The lowest BCUT2D eigenvalue weighted by molar-refractivity contribution is 0.0175. The minimum atomic E-state index is -2.88. The molecule has 0 spiro atoms. The fourth-order valence-electron chi connectivity index (χ4n) is 1.83. The standard InChI is InChI=1S/C15H14BrF2NO2S/c1-3-21-14(20)12-11(8-16)19-13(22-12)9-4-6-10(7-5-9)15(2,17)18/h4-7H,3,8H2,1-2H3. The molecule has 0 saturated heterocycles. The van der Waals surface area contributed by atoms with Gasteiger partial charge in [-0.25, -0.2) is 18.6 Å². The number of alkyl halides is 3. The number of aromatic nitrogens is 1. The average molecular weight is 390 g/mol. The molecule has 0 radical (unpaired) electrons. The van der Waals surface area contributed by atoms with Crippen LogP contribution in [-0.4, -0.2) is 17.6 Å². The molecular formula is C15H14BrF2NO2S. The lowest BCUT2D eigenvalue weighted by atomic mass is 10.1. The van der Waals surface area contributed by atoms with Gasteiger partial charge in [0.25, 0.3) is 5.92 Å². The van der Waals surface area contributed by atoms with E-state index in [0.717, 1.165) is 6.92 Å². The first-order valence-electron chi connectivity index (χ1n) is 6.58. The number of rotatable bonds is 5. The minimum Gasteiger partial charge on any atom is -0.462 e. The summed E-state index contributed by atoms with van der Waals surface area (Å²) >= 11 is 4.48. The van der Waals surface area contributed by atoms with Gasteiger partial charge in [0.15, 0.2) is 0 Å². The minimum absolute atomic E-state index is 0.0564. The number of hydrogen-bond donors (Lipinski definition) is 0. The van der Waals surface area contributed by atoms with Gasteiger partial charge in [-0.1, -0.05) is 40.2 Å². The highest BCUT2D eigenvalue weighted by Crippen LogP contribution is 2.32. The molecule has 0 N–H and O–H groups in total. The molecule has 0 amide bonds. The van der Waals surface area contributed by atoms with Crippen molar-refractivity contribution < 1.29 is 18.3 Å². The zero-order chi connectivity index (χ0) is 16.3. The molecule has 118 valence electrons. The van der Waals surface area contributed by atoms with Gasteiger partial charge in [-0.05, 0) is 6.92 Å². The zero-order valence-electron chi connectivity index (χ0n) is 12.0. The number of halogens is 3. The number of carbonyl (C=O) groups excluding carboxylic acids is 1. The van der Waals surface area contributed by atoms with Crippen molar-refractivity contribution in [3.8, 4) is 10.6 Å². The van der Waals surface area contributed by atoms with E-state index in [1.807, 2.05) is 0 Å². The van der Waals surface area contributed by atoms with Crippen LogP contribution in [0.3, 0.4) is 0 Å². The molecule has 0 fully saturated rings. The van der Waals surface area contributed by atoms with Gasteiger partial charge >= 0.3 is 5.97 Å². The van der Waals surface area contributed by atoms with E-state index in [1.54, 1.807) is 19.1 Å². The summed E-state index contributed by atoms with van der Waals surface area (Å²) in [5, 5.41) is 1.02. The first-order chi connectivity index (χ1) is 10.4. The van der Waals surface area contributed by atoms with Crippen molar-refractivity contribution in [1.82, 2.24) is 4.98 Å². The van der Waals surface area contributed by atoms with Crippen molar-refractivity contribution in [2.24, 2.45) is 0 Å². The summed E-state index contributed by atoms with van der Waals surface area (Å²) < 4.78 is 31.4. The smallest absolute Gasteiger partial charge is 0.350 e. The van der Waals surface area contributed by atoms with E-state index in [9.17, 15) is 13.6 Å². The second kappa shape index (κ2) is 6.83. The monoisotopic (exact) mass is 389 g/mol. The van der Waals surface area contributed by atoms with Crippen molar-refractivity contribution >= 4 is 33.2 Å². The molecule has 0 saturated carbocycles. The molecule has 0 atom stereocenters. The van der Waals surface area contributed by atoms with Crippen LogP contribution in [0.25, 0.3) is 10.6 Å². The molecule has 1 aromatic heterocycles. The van der Waals surface area contributed by atoms with Gasteiger partial charge in [0.1, 0.15) is 9.88 Å². The SMILES string of the molecule is CCOC(=O)c1sc(-c2ccc(C(C)(F)F)cc2)nc1CBr. The van der Waals surface area contributed by atoms with Gasteiger partial charge in [-0.3, -0.25) is 0 Å². The molecule has 0 aliphatic carbocycles. The second-order valence-corrected chi connectivity index (χ2v) is 6.17. The van der Waals surface area contributed by atoms with Gasteiger partial charge in [-0.15, -0.1) is 11.3 Å². The Labute approximate surface area is 139 Å². The summed E-state index contributed by atoms with van der Waals surface area (Å²) in [6, 6.07) is 5.90. The Morgan fingerprint density at radius 1 is 1.36 bits per heavy atom. The van der Waals surface area contributed by atoms with Gasteiger partial charge < -0.3 is 4.74 Å². The Hall–Kier alpha value is -1.34. The predicted octanol–water partition coefficient (Wildman–Crippen LogP) is 4.99. The van der Waals surface area contributed by atoms with Crippen LogP contribution < -0.4 is 0 Å². The molecule has 0 aliphatic heterocycles. The number of hydrogen-bond acceptors (Lipinski definition) is 4. The molecular weight excluding hydrogens is 376 g/mol. The van der Waals surface area contributed by atoms with E-state index < -0.39 is 11.9 Å². The highest BCUT2D eigenvalue weighted by molar-refractivity contribution is 9.08. The Morgan fingerprint density at radius 2 is 2.00 bits per heavy atom. The number of nitrogens with zero attached hydrogens (tertiary/aromatic N) is 1. The fourth-order valence-corrected chi connectivity index (χ4v) is 3.40. The van der Waals surface area contributed by atoms with Crippen molar-refractivity contribution in [1.29, 1.82) is 0 Å².